The van der Waals surface area contributed by atoms with E-state index in [1.807, 2.05) is 37.4 Å². The summed E-state index contributed by atoms with van der Waals surface area (Å²) >= 11 is 0. The second kappa shape index (κ2) is 10.2. The van der Waals surface area contributed by atoms with Crippen LogP contribution < -0.4 is 5.32 Å². The molecular formula is C23H31N3O3S. The molecular weight excluding hydrogens is 398 g/mol. The summed E-state index contributed by atoms with van der Waals surface area (Å²) in [5.41, 5.74) is 1.52. The second-order valence-corrected chi connectivity index (χ2v) is 10.1. The maximum atomic E-state index is 12.8. The third-order valence-corrected chi connectivity index (χ3v) is 7.50. The van der Waals surface area contributed by atoms with Gasteiger partial charge in [0.2, 0.25) is 15.9 Å². The van der Waals surface area contributed by atoms with Crippen molar-refractivity contribution in [3.8, 4) is 0 Å². The molecule has 30 heavy (non-hydrogen) atoms. The molecule has 6 nitrogen and oxygen atoms in total. The Kier molecular flexibility index (Phi) is 7.64. The Morgan fingerprint density at radius 2 is 1.60 bits per heavy atom. The number of carbonyl (C=O) groups excluding carboxylic acids is 1. The van der Waals surface area contributed by atoms with Crippen molar-refractivity contribution in [3.05, 3.63) is 60.2 Å². The molecule has 3 rings (SSSR count). The van der Waals surface area contributed by atoms with Crippen molar-refractivity contribution in [3.63, 3.8) is 0 Å². The minimum absolute atomic E-state index is 0.0834. The molecule has 0 spiro atoms. The van der Waals surface area contributed by atoms with Crippen molar-refractivity contribution >= 4 is 21.6 Å². The topological polar surface area (TPSA) is 69.7 Å². The molecule has 0 bridgehead atoms. The Morgan fingerprint density at radius 3 is 2.23 bits per heavy atom. The number of hydrogen-bond donors (Lipinski definition) is 1. The molecule has 0 aromatic heterocycles. The molecule has 2 aromatic rings. The first-order valence-corrected chi connectivity index (χ1v) is 11.9. The lowest BCUT2D eigenvalue weighted by molar-refractivity contribution is -0.117. The third-order valence-electron chi connectivity index (χ3n) is 5.69. The van der Waals surface area contributed by atoms with Gasteiger partial charge in [-0.3, -0.25) is 9.69 Å². The number of hydrogen-bond acceptors (Lipinski definition) is 4. The van der Waals surface area contributed by atoms with Crippen LogP contribution in [-0.4, -0.2) is 50.2 Å². The number of nitrogens with one attached hydrogen (secondary N) is 1. The number of carbonyl (C=O) groups is 1. The molecule has 1 amide bonds. The summed E-state index contributed by atoms with van der Waals surface area (Å²) in [7, 11) is -0.0411. The first kappa shape index (κ1) is 22.5. The lowest BCUT2D eigenvalue weighted by Crippen LogP contribution is -2.39. The van der Waals surface area contributed by atoms with Gasteiger partial charge in [-0.1, -0.05) is 49.6 Å². The SMILES string of the molecule is CN(CC(=O)Nc1ccc(S(=O)(=O)N(C)Cc2ccccc2)cc1)C1CCCCC1. The fourth-order valence-electron chi connectivity index (χ4n) is 3.89. The minimum atomic E-state index is -3.60. The van der Waals surface area contributed by atoms with Crippen molar-refractivity contribution in [1.82, 2.24) is 9.21 Å². The Bertz CT molecular complexity index is 924. The van der Waals surface area contributed by atoms with Gasteiger partial charge in [0.25, 0.3) is 0 Å². The van der Waals surface area contributed by atoms with Gasteiger partial charge in [-0.25, -0.2) is 8.42 Å². The lowest BCUT2D eigenvalue weighted by atomic mass is 9.94. The smallest absolute Gasteiger partial charge is 0.243 e. The molecule has 162 valence electrons. The van der Waals surface area contributed by atoms with Crippen LogP contribution in [0, 0.1) is 0 Å². The van der Waals surface area contributed by atoms with Crippen LogP contribution >= 0.6 is 0 Å². The summed E-state index contributed by atoms with van der Waals surface area (Å²) in [4.78, 5) is 14.7. The van der Waals surface area contributed by atoms with Gasteiger partial charge in [-0.15, -0.1) is 0 Å². The predicted molar refractivity (Wildman–Crippen MR) is 120 cm³/mol. The van der Waals surface area contributed by atoms with E-state index in [9.17, 15) is 13.2 Å². The molecule has 1 fully saturated rings. The molecule has 1 aliphatic carbocycles. The standard InChI is InChI=1S/C23H31N3O3S/c1-25(21-11-7-4-8-12-21)18-23(27)24-20-13-15-22(16-14-20)30(28,29)26(2)17-19-9-5-3-6-10-19/h3,5-6,9-10,13-16,21H,4,7-8,11-12,17-18H2,1-2H3,(H,24,27). The molecule has 1 saturated carbocycles. The van der Waals surface area contributed by atoms with Gasteiger partial charge in [0.1, 0.15) is 0 Å². The highest BCUT2D eigenvalue weighted by Gasteiger charge is 2.22. The summed E-state index contributed by atoms with van der Waals surface area (Å²) in [6.07, 6.45) is 6.03. The van der Waals surface area contributed by atoms with Gasteiger partial charge < -0.3 is 5.32 Å². The van der Waals surface area contributed by atoms with Gasteiger partial charge in [-0.2, -0.15) is 4.31 Å². The summed E-state index contributed by atoms with van der Waals surface area (Å²) in [5, 5.41) is 2.87. The number of nitrogens with zero attached hydrogens (tertiary/aromatic N) is 2. The number of sulfonamides is 1. The van der Waals surface area contributed by atoms with E-state index in [4.69, 9.17) is 0 Å². The van der Waals surface area contributed by atoms with Crippen molar-refractivity contribution < 1.29 is 13.2 Å². The lowest BCUT2D eigenvalue weighted by Gasteiger charge is -2.30. The van der Waals surface area contributed by atoms with E-state index in [1.54, 1.807) is 19.2 Å². The zero-order chi connectivity index (χ0) is 21.6. The largest absolute Gasteiger partial charge is 0.325 e. The molecule has 0 atom stereocenters. The van der Waals surface area contributed by atoms with Gasteiger partial charge in [-0.05, 0) is 49.7 Å². The molecule has 2 aromatic carbocycles. The zero-order valence-corrected chi connectivity index (χ0v) is 18.6. The van der Waals surface area contributed by atoms with Crippen LogP contribution in [0.15, 0.2) is 59.5 Å². The van der Waals surface area contributed by atoms with E-state index in [2.05, 4.69) is 10.2 Å². The molecule has 0 saturated heterocycles. The van der Waals surface area contributed by atoms with Crippen LogP contribution in [0.5, 0.6) is 0 Å². The monoisotopic (exact) mass is 429 g/mol. The van der Waals surface area contributed by atoms with Crippen LogP contribution in [-0.2, 0) is 21.4 Å². The third kappa shape index (κ3) is 5.90. The van der Waals surface area contributed by atoms with Gasteiger partial charge in [0.15, 0.2) is 0 Å². The molecule has 0 unspecified atom stereocenters. The van der Waals surface area contributed by atoms with E-state index in [-0.39, 0.29) is 10.8 Å². The Hall–Kier alpha value is -2.22. The van der Waals surface area contributed by atoms with Gasteiger partial charge in [0, 0.05) is 25.3 Å². The van der Waals surface area contributed by atoms with Crippen molar-refractivity contribution in [1.29, 1.82) is 0 Å². The number of anilines is 1. The fraction of sp³-hybridized carbons (Fsp3) is 0.435. The van der Waals surface area contributed by atoms with Crippen LogP contribution in [0.2, 0.25) is 0 Å². The van der Waals surface area contributed by atoms with E-state index >= 15 is 0 Å². The molecule has 1 aliphatic rings. The summed E-state index contributed by atoms with van der Waals surface area (Å²) < 4.78 is 27.0. The molecule has 0 aliphatic heterocycles. The Morgan fingerprint density at radius 1 is 0.967 bits per heavy atom. The minimum Gasteiger partial charge on any atom is -0.325 e. The Balaban J connectivity index is 1.57. The van der Waals surface area contributed by atoms with Gasteiger partial charge in [0.05, 0.1) is 11.4 Å². The number of likely N-dealkylation sites (N-methyl/N-ethyl adjacent to an activating group) is 1. The van der Waals surface area contributed by atoms with Crippen LogP contribution in [0.4, 0.5) is 5.69 Å². The first-order valence-electron chi connectivity index (χ1n) is 10.5. The van der Waals surface area contributed by atoms with Crippen molar-refractivity contribution in [2.45, 2.75) is 49.6 Å². The predicted octanol–water partition coefficient (Wildman–Crippen LogP) is 3.71. The van der Waals surface area contributed by atoms with E-state index in [0.29, 0.717) is 24.8 Å². The first-order chi connectivity index (χ1) is 14.4. The van der Waals surface area contributed by atoms with Gasteiger partial charge >= 0.3 is 0 Å². The number of benzene rings is 2. The number of amides is 1. The molecule has 7 heteroatoms. The normalized spacial score (nSPS) is 15.5. The summed E-state index contributed by atoms with van der Waals surface area (Å²) in [6, 6.07) is 16.3. The summed E-state index contributed by atoms with van der Waals surface area (Å²) in [5.74, 6) is -0.0834. The van der Waals surface area contributed by atoms with Crippen LogP contribution in [0.3, 0.4) is 0 Å². The van der Waals surface area contributed by atoms with Crippen LogP contribution in [0.1, 0.15) is 37.7 Å². The van der Waals surface area contributed by atoms with Crippen molar-refractivity contribution in [2.75, 3.05) is 26.0 Å². The van der Waals surface area contributed by atoms with Crippen LogP contribution in [0.25, 0.3) is 0 Å². The molecule has 0 heterocycles. The zero-order valence-electron chi connectivity index (χ0n) is 17.8. The summed E-state index contributed by atoms with van der Waals surface area (Å²) in [6.45, 7) is 0.639. The average Bonchev–Trinajstić information content (AvgIpc) is 2.75. The van der Waals surface area contributed by atoms with E-state index in [0.717, 1.165) is 18.4 Å². The number of rotatable bonds is 8. The quantitative estimate of drug-likeness (QED) is 0.695. The molecule has 1 N–H and O–H groups in total. The second-order valence-electron chi connectivity index (χ2n) is 8.03. The van der Waals surface area contributed by atoms with E-state index < -0.39 is 10.0 Å². The molecule has 0 radical (unpaired) electrons. The highest BCUT2D eigenvalue weighted by Crippen LogP contribution is 2.22. The van der Waals surface area contributed by atoms with Crippen molar-refractivity contribution in [2.24, 2.45) is 0 Å². The maximum absolute atomic E-state index is 12.8. The highest BCUT2D eigenvalue weighted by atomic mass is 32.2. The van der Waals surface area contributed by atoms with E-state index in [1.165, 1.54) is 35.7 Å². The Labute approximate surface area is 179 Å². The average molecular weight is 430 g/mol. The fourth-order valence-corrected chi connectivity index (χ4v) is 5.05. The maximum Gasteiger partial charge on any atom is 0.243 e. The highest BCUT2D eigenvalue weighted by molar-refractivity contribution is 7.89.